The van der Waals surface area contributed by atoms with Gasteiger partial charge in [-0.3, -0.25) is 4.79 Å². The molecule has 0 fully saturated rings. The van der Waals surface area contributed by atoms with Crippen LogP contribution in [0.4, 0.5) is 0 Å². The van der Waals surface area contributed by atoms with Crippen LogP contribution >= 0.6 is 0 Å². The molecule has 5 heteroatoms. The highest BCUT2D eigenvalue weighted by atomic mass is 16.5. The van der Waals surface area contributed by atoms with Crippen LogP contribution in [0.3, 0.4) is 0 Å². The number of nitrogens with one attached hydrogen (secondary N) is 1. The molecule has 4 aromatic rings. The van der Waals surface area contributed by atoms with Gasteiger partial charge in [-0.25, -0.2) is 4.79 Å². The number of benzene rings is 3. The summed E-state index contributed by atoms with van der Waals surface area (Å²) < 4.78 is 11.3. The van der Waals surface area contributed by atoms with Crippen molar-refractivity contribution in [3.05, 3.63) is 101 Å². The molecule has 0 radical (unpaired) electrons. The Kier molecular flexibility index (Phi) is 4.21. The molecule has 0 aliphatic carbocycles. The van der Waals surface area contributed by atoms with Crippen LogP contribution < -0.4 is 9.47 Å². The summed E-state index contributed by atoms with van der Waals surface area (Å²) in [5.74, 6) is 0.278. The number of rotatable bonds is 3. The molecule has 5 nitrogen and oxygen atoms in total. The van der Waals surface area contributed by atoms with Crippen LogP contribution in [-0.4, -0.2) is 16.7 Å². The van der Waals surface area contributed by atoms with Crippen molar-refractivity contribution < 1.29 is 19.1 Å². The molecule has 1 aromatic heterocycles. The van der Waals surface area contributed by atoms with Crippen molar-refractivity contribution in [2.24, 2.45) is 0 Å². The highest BCUT2D eigenvalue weighted by Gasteiger charge is 2.28. The number of carbonyl (C=O) groups excluding carboxylic acids is 2. The number of Topliss-reactive ketones (excluding diaryl/α,β-unsaturated/α-hetero) is 1. The van der Waals surface area contributed by atoms with Gasteiger partial charge in [0, 0.05) is 28.7 Å². The summed E-state index contributed by atoms with van der Waals surface area (Å²) in [7, 11) is 0. The Hall–Kier alpha value is -4.12. The molecule has 0 saturated heterocycles. The van der Waals surface area contributed by atoms with Gasteiger partial charge in [0.15, 0.2) is 5.76 Å². The van der Waals surface area contributed by atoms with Crippen LogP contribution in [0.25, 0.3) is 17.0 Å². The van der Waals surface area contributed by atoms with Crippen molar-refractivity contribution in [2.75, 3.05) is 0 Å². The van der Waals surface area contributed by atoms with Gasteiger partial charge in [-0.15, -0.1) is 0 Å². The van der Waals surface area contributed by atoms with Gasteiger partial charge in [0.05, 0.1) is 11.1 Å². The van der Waals surface area contributed by atoms with E-state index in [0.717, 1.165) is 22.0 Å². The fourth-order valence-corrected chi connectivity index (χ4v) is 3.55. The minimum atomic E-state index is -0.452. The normalized spacial score (nSPS) is 14.0. The zero-order valence-corrected chi connectivity index (χ0v) is 16.1. The van der Waals surface area contributed by atoms with E-state index in [-0.39, 0.29) is 11.5 Å². The number of ether oxygens (including phenoxy) is 2. The number of carbonyl (C=O) groups is 2. The first-order valence-corrected chi connectivity index (χ1v) is 9.52. The van der Waals surface area contributed by atoms with Gasteiger partial charge < -0.3 is 14.5 Å². The van der Waals surface area contributed by atoms with Gasteiger partial charge in [0.1, 0.15) is 11.5 Å². The van der Waals surface area contributed by atoms with Crippen molar-refractivity contribution in [3.63, 3.8) is 0 Å². The zero-order chi connectivity index (χ0) is 20.7. The van der Waals surface area contributed by atoms with E-state index in [1.54, 1.807) is 36.4 Å². The maximum Gasteiger partial charge on any atom is 0.343 e. The summed E-state index contributed by atoms with van der Waals surface area (Å²) in [6, 6.07) is 19.8. The third kappa shape index (κ3) is 3.06. The number of aromatic nitrogens is 1. The van der Waals surface area contributed by atoms with Gasteiger partial charge >= 0.3 is 5.97 Å². The van der Waals surface area contributed by atoms with Crippen LogP contribution in [0.15, 0.2) is 78.7 Å². The lowest BCUT2D eigenvalue weighted by atomic mass is 10.1. The average molecular weight is 395 g/mol. The molecular weight excluding hydrogens is 378 g/mol. The number of hydrogen-bond donors (Lipinski definition) is 1. The van der Waals surface area contributed by atoms with E-state index in [0.29, 0.717) is 22.6 Å². The number of para-hydroxylation sites is 1. The number of ketones is 1. The first-order valence-electron chi connectivity index (χ1n) is 9.52. The Labute approximate surface area is 172 Å². The van der Waals surface area contributed by atoms with Crippen molar-refractivity contribution in [3.8, 4) is 11.5 Å². The van der Waals surface area contributed by atoms with Crippen LogP contribution in [0.5, 0.6) is 11.5 Å². The molecule has 0 amide bonds. The Balaban J connectivity index is 1.42. The van der Waals surface area contributed by atoms with E-state index in [1.807, 2.05) is 49.5 Å². The molecule has 1 N–H and O–H groups in total. The number of hydrogen-bond acceptors (Lipinski definition) is 4. The third-order valence-electron chi connectivity index (χ3n) is 5.12. The maximum absolute atomic E-state index is 12.7. The lowest BCUT2D eigenvalue weighted by Crippen LogP contribution is -2.10. The molecule has 1 aliphatic heterocycles. The molecule has 0 spiro atoms. The Morgan fingerprint density at radius 3 is 2.70 bits per heavy atom. The first kappa shape index (κ1) is 17.9. The van der Waals surface area contributed by atoms with Crippen LogP contribution in [-0.2, 0) is 0 Å². The summed E-state index contributed by atoms with van der Waals surface area (Å²) in [5, 5.41) is 1.00. The van der Waals surface area contributed by atoms with E-state index in [1.165, 1.54) is 0 Å². The largest absolute Gasteiger partial charge is 0.452 e. The standard InChI is InChI=1S/C25H17NO4/c1-15-6-2-3-7-18(15)25(28)29-17-10-11-20-22(13-17)30-23(24(20)27)12-16-14-26-21-9-5-4-8-19(16)21/h2-14,26H,1H3/b23-12+. The average Bonchev–Trinajstić information content (AvgIpc) is 3.29. The van der Waals surface area contributed by atoms with Crippen LogP contribution in [0.1, 0.15) is 31.8 Å². The molecule has 5 rings (SSSR count). The molecule has 30 heavy (non-hydrogen) atoms. The summed E-state index contributed by atoms with van der Waals surface area (Å²) in [6.45, 7) is 1.85. The molecule has 0 atom stereocenters. The van der Waals surface area contributed by atoms with Crippen molar-refractivity contribution >= 4 is 28.7 Å². The van der Waals surface area contributed by atoms with Crippen molar-refractivity contribution in [1.29, 1.82) is 0 Å². The lowest BCUT2D eigenvalue weighted by Gasteiger charge is -2.07. The van der Waals surface area contributed by atoms with E-state index in [4.69, 9.17) is 9.47 Å². The number of esters is 1. The molecule has 0 saturated carbocycles. The van der Waals surface area contributed by atoms with Crippen molar-refractivity contribution in [2.45, 2.75) is 6.92 Å². The van der Waals surface area contributed by atoms with E-state index >= 15 is 0 Å². The van der Waals surface area contributed by atoms with Crippen molar-refractivity contribution in [1.82, 2.24) is 4.98 Å². The molecule has 1 aliphatic rings. The minimum absolute atomic E-state index is 0.202. The van der Waals surface area contributed by atoms with E-state index in [9.17, 15) is 9.59 Å². The fourth-order valence-electron chi connectivity index (χ4n) is 3.55. The number of aromatic amines is 1. The Bertz CT molecular complexity index is 1350. The molecule has 0 bridgehead atoms. The molecular formula is C25H17NO4. The molecule has 146 valence electrons. The first-order chi connectivity index (χ1) is 14.6. The third-order valence-corrected chi connectivity index (χ3v) is 5.12. The van der Waals surface area contributed by atoms with Gasteiger partial charge in [-0.2, -0.15) is 0 Å². The van der Waals surface area contributed by atoms with E-state index in [2.05, 4.69) is 4.98 Å². The fraction of sp³-hybridized carbons (Fsp3) is 0.0400. The number of aryl methyl sites for hydroxylation is 1. The highest BCUT2D eigenvalue weighted by molar-refractivity contribution is 6.15. The zero-order valence-electron chi connectivity index (χ0n) is 16.1. The summed E-state index contributed by atoms with van der Waals surface area (Å²) in [6.07, 6.45) is 3.56. The maximum atomic E-state index is 12.7. The Morgan fingerprint density at radius 2 is 1.83 bits per heavy atom. The quantitative estimate of drug-likeness (QED) is 0.290. The minimum Gasteiger partial charge on any atom is -0.452 e. The monoisotopic (exact) mass is 395 g/mol. The lowest BCUT2D eigenvalue weighted by molar-refractivity contribution is 0.0733. The summed E-state index contributed by atoms with van der Waals surface area (Å²) in [5.41, 5.74) is 3.62. The SMILES string of the molecule is Cc1ccccc1C(=O)Oc1ccc2c(c1)O/C(=C/c1c[nH]c3ccccc13)C2=O. The smallest absolute Gasteiger partial charge is 0.343 e. The van der Waals surface area contributed by atoms with Gasteiger partial charge in [0.25, 0.3) is 0 Å². The molecule has 2 heterocycles. The number of allylic oxidation sites excluding steroid dienone is 1. The second-order valence-corrected chi connectivity index (χ2v) is 7.09. The molecule has 3 aromatic carbocycles. The predicted molar refractivity (Wildman–Crippen MR) is 114 cm³/mol. The van der Waals surface area contributed by atoms with Crippen LogP contribution in [0, 0.1) is 6.92 Å². The highest BCUT2D eigenvalue weighted by Crippen LogP contribution is 2.35. The summed E-state index contributed by atoms with van der Waals surface area (Å²) >= 11 is 0. The predicted octanol–water partition coefficient (Wildman–Crippen LogP) is 5.31. The summed E-state index contributed by atoms with van der Waals surface area (Å²) in [4.78, 5) is 28.4. The van der Waals surface area contributed by atoms with E-state index < -0.39 is 5.97 Å². The number of H-pyrrole nitrogens is 1. The van der Waals surface area contributed by atoms with Crippen LogP contribution in [0.2, 0.25) is 0 Å². The van der Waals surface area contributed by atoms with Gasteiger partial charge in [-0.05, 0) is 42.8 Å². The Morgan fingerprint density at radius 1 is 1.03 bits per heavy atom. The second-order valence-electron chi connectivity index (χ2n) is 7.09. The second kappa shape index (κ2) is 7.04. The van der Waals surface area contributed by atoms with Gasteiger partial charge in [0.2, 0.25) is 5.78 Å². The number of fused-ring (bicyclic) bond motifs is 2. The topological polar surface area (TPSA) is 68.4 Å². The molecule has 0 unspecified atom stereocenters. The van der Waals surface area contributed by atoms with Gasteiger partial charge in [-0.1, -0.05) is 36.4 Å².